The molecule has 1 heterocycles. The van der Waals surface area contributed by atoms with Crippen molar-refractivity contribution in [3.63, 3.8) is 0 Å². The van der Waals surface area contributed by atoms with Gasteiger partial charge in [0.25, 0.3) is 0 Å². The number of anilines is 1. The lowest BCUT2D eigenvalue weighted by molar-refractivity contribution is 1.33. The molecule has 0 aliphatic rings. The van der Waals surface area contributed by atoms with Crippen molar-refractivity contribution >= 4 is 16.7 Å². The maximum absolute atomic E-state index is 4.44. The van der Waals surface area contributed by atoms with Crippen LogP contribution in [0.1, 0.15) is 5.56 Å². The van der Waals surface area contributed by atoms with Gasteiger partial charge in [-0.2, -0.15) is 0 Å². The maximum atomic E-state index is 4.44. The average Bonchev–Trinajstić information content (AvgIpc) is 2.16. The summed E-state index contributed by atoms with van der Waals surface area (Å²) in [7, 11) is 1.88. The first-order valence-electron chi connectivity index (χ1n) is 4.35. The van der Waals surface area contributed by atoms with E-state index < -0.39 is 0 Å². The highest BCUT2D eigenvalue weighted by Gasteiger charge is 1.95. The fourth-order valence-corrected chi connectivity index (χ4v) is 1.37. The van der Waals surface area contributed by atoms with E-state index in [0.717, 1.165) is 11.3 Å². The van der Waals surface area contributed by atoms with Gasteiger partial charge in [-0.1, -0.05) is 12.1 Å². The van der Waals surface area contributed by atoms with Crippen LogP contribution < -0.4 is 5.32 Å². The van der Waals surface area contributed by atoms with Crippen LogP contribution in [0.15, 0.2) is 30.3 Å². The molecule has 0 unspecified atom stereocenters. The number of rotatable bonds is 1. The van der Waals surface area contributed by atoms with Crippen molar-refractivity contribution in [2.45, 2.75) is 6.92 Å². The zero-order valence-corrected chi connectivity index (χ0v) is 7.83. The molecule has 0 aliphatic heterocycles. The normalized spacial score (nSPS) is 10.3. The van der Waals surface area contributed by atoms with Gasteiger partial charge in [0.05, 0.1) is 5.52 Å². The van der Waals surface area contributed by atoms with Crippen molar-refractivity contribution in [1.82, 2.24) is 4.98 Å². The van der Waals surface area contributed by atoms with E-state index in [4.69, 9.17) is 0 Å². The summed E-state index contributed by atoms with van der Waals surface area (Å²) < 4.78 is 0. The molecule has 13 heavy (non-hydrogen) atoms. The first kappa shape index (κ1) is 8.05. The van der Waals surface area contributed by atoms with Crippen LogP contribution in [0.2, 0.25) is 0 Å². The van der Waals surface area contributed by atoms with Gasteiger partial charge in [0.2, 0.25) is 0 Å². The zero-order chi connectivity index (χ0) is 9.26. The number of hydrogen-bond donors (Lipinski definition) is 1. The van der Waals surface area contributed by atoms with Crippen molar-refractivity contribution in [1.29, 1.82) is 0 Å². The molecule has 0 aliphatic carbocycles. The Morgan fingerprint density at radius 1 is 1.15 bits per heavy atom. The predicted octanol–water partition coefficient (Wildman–Crippen LogP) is 2.58. The van der Waals surface area contributed by atoms with Crippen molar-refractivity contribution in [2.75, 3.05) is 12.4 Å². The van der Waals surface area contributed by atoms with Gasteiger partial charge < -0.3 is 5.32 Å². The van der Waals surface area contributed by atoms with E-state index in [-0.39, 0.29) is 0 Å². The SMILES string of the molecule is CNc1ccc2ccc(C)cc2n1. The number of aromatic nitrogens is 1. The molecular formula is C11H12N2. The molecule has 0 spiro atoms. The van der Waals surface area contributed by atoms with E-state index >= 15 is 0 Å². The Bertz CT molecular complexity index is 435. The van der Waals surface area contributed by atoms with Gasteiger partial charge in [0.1, 0.15) is 5.82 Å². The molecular weight excluding hydrogens is 160 g/mol. The Balaban J connectivity index is 2.68. The molecule has 0 bridgehead atoms. The minimum absolute atomic E-state index is 0.915. The molecule has 1 aromatic heterocycles. The van der Waals surface area contributed by atoms with Gasteiger partial charge in [0, 0.05) is 12.4 Å². The summed E-state index contributed by atoms with van der Waals surface area (Å²) in [4.78, 5) is 4.44. The second-order valence-electron chi connectivity index (χ2n) is 3.14. The molecule has 1 aromatic carbocycles. The van der Waals surface area contributed by atoms with E-state index in [9.17, 15) is 0 Å². The number of nitrogens with zero attached hydrogens (tertiary/aromatic N) is 1. The highest BCUT2D eigenvalue weighted by Crippen LogP contribution is 2.15. The molecule has 0 amide bonds. The predicted molar refractivity (Wildman–Crippen MR) is 56.0 cm³/mol. The molecule has 0 saturated carbocycles. The van der Waals surface area contributed by atoms with Gasteiger partial charge in [0.15, 0.2) is 0 Å². The zero-order valence-electron chi connectivity index (χ0n) is 7.83. The number of benzene rings is 1. The quantitative estimate of drug-likeness (QED) is 0.715. The molecule has 2 rings (SSSR count). The second kappa shape index (κ2) is 3.05. The van der Waals surface area contributed by atoms with Crippen molar-refractivity contribution in [3.05, 3.63) is 35.9 Å². The Morgan fingerprint density at radius 2 is 1.92 bits per heavy atom. The Morgan fingerprint density at radius 3 is 2.69 bits per heavy atom. The third kappa shape index (κ3) is 1.47. The molecule has 66 valence electrons. The summed E-state index contributed by atoms with van der Waals surface area (Å²) in [5, 5.41) is 4.21. The standard InChI is InChI=1S/C11H12N2/c1-8-3-4-9-5-6-11(12-2)13-10(9)7-8/h3-7H,1-2H3,(H,12,13). The highest BCUT2D eigenvalue weighted by molar-refractivity contribution is 5.80. The third-order valence-electron chi connectivity index (χ3n) is 2.10. The summed E-state index contributed by atoms with van der Waals surface area (Å²) in [5.41, 5.74) is 2.29. The van der Waals surface area contributed by atoms with Crippen LogP contribution in [0.3, 0.4) is 0 Å². The first-order valence-corrected chi connectivity index (χ1v) is 4.35. The fraction of sp³-hybridized carbons (Fsp3) is 0.182. The summed E-state index contributed by atoms with van der Waals surface area (Å²) in [6, 6.07) is 10.3. The Kier molecular flexibility index (Phi) is 1.89. The van der Waals surface area contributed by atoms with Crippen LogP contribution >= 0.6 is 0 Å². The number of aryl methyl sites for hydroxylation is 1. The maximum Gasteiger partial charge on any atom is 0.126 e. The van der Waals surface area contributed by atoms with Gasteiger partial charge >= 0.3 is 0 Å². The number of nitrogens with one attached hydrogen (secondary N) is 1. The molecule has 2 heteroatoms. The molecule has 0 atom stereocenters. The monoisotopic (exact) mass is 172 g/mol. The van der Waals surface area contributed by atoms with Gasteiger partial charge in [-0.25, -0.2) is 4.98 Å². The number of hydrogen-bond acceptors (Lipinski definition) is 2. The molecule has 0 radical (unpaired) electrons. The van der Waals surface area contributed by atoms with E-state index in [2.05, 4.69) is 41.5 Å². The lowest BCUT2D eigenvalue weighted by atomic mass is 10.1. The van der Waals surface area contributed by atoms with Crippen molar-refractivity contribution in [2.24, 2.45) is 0 Å². The van der Waals surface area contributed by atoms with Gasteiger partial charge in [-0.3, -0.25) is 0 Å². The van der Waals surface area contributed by atoms with Crippen LogP contribution in [-0.2, 0) is 0 Å². The van der Waals surface area contributed by atoms with E-state index in [1.54, 1.807) is 0 Å². The molecule has 1 N–H and O–H groups in total. The lowest BCUT2D eigenvalue weighted by Crippen LogP contribution is -1.91. The highest BCUT2D eigenvalue weighted by atomic mass is 15.0. The van der Waals surface area contributed by atoms with Crippen LogP contribution in [0.5, 0.6) is 0 Å². The smallest absolute Gasteiger partial charge is 0.126 e. The van der Waals surface area contributed by atoms with Crippen molar-refractivity contribution < 1.29 is 0 Å². The Hall–Kier alpha value is -1.57. The third-order valence-corrected chi connectivity index (χ3v) is 2.10. The summed E-state index contributed by atoms with van der Waals surface area (Å²) in [6.45, 7) is 2.08. The van der Waals surface area contributed by atoms with Crippen LogP contribution in [0.25, 0.3) is 10.9 Å². The van der Waals surface area contributed by atoms with E-state index in [0.29, 0.717) is 0 Å². The van der Waals surface area contributed by atoms with E-state index in [1.165, 1.54) is 10.9 Å². The van der Waals surface area contributed by atoms with E-state index in [1.807, 2.05) is 13.1 Å². The van der Waals surface area contributed by atoms with Crippen LogP contribution in [0, 0.1) is 6.92 Å². The number of fused-ring (bicyclic) bond motifs is 1. The molecule has 2 aromatic rings. The summed E-state index contributed by atoms with van der Waals surface area (Å²) >= 11 is 0. The minimum Gasteiger partial charge on any atom is -0.373 e. The fourth-order valence-electron chi connectivity index (χ4n) is 1.37. The molecule has 0 saturated heterocycles. The lowest BCUT2D eigenvalue weighted by Gasteiger charge is -2.02. The molecule has 0 fully saturated rings. The summed E-state index contributed by atoms with van der Waals surface area (Å²) in [6.07, 6.45) is 0. The minimum atomic E-state index is 0.915. The molecule has 2 nitrogen and oxygen atoms in total. The van der Waals surface area contributed by atoms with Crippen LogP contribution in [0.4, 0.5) is 5.82 Å². The summed E-state index contributed by atoms with van der Waals surface area (Å²) in [5.74, 6) is 0.915. The topological polar surface area (TPSA) is 24.9 Å². The van der Waals surface area contributed by atoms with Crippen LogP contribution in [-0.4, -0.2) is 12.0 Å². The first-order chi connectivity index (χ1) is 6.29. The second-order valence-corrected chi connectivity index (χ2v) is 3.14. The Labute approximate surface area is 77.6 Å². The van der Waals surface area contributed by atoms with Crippen molar-refractivity contribution in [3.8, 4) is 0 Å². The van der Waals surface area contributed by atoms with Gasteiger partial charge in [-0.05, 0) is 30.7 Å². The number of pyridine rings is 1. The largest absolute Gasteiger partial charge is 0.373 e. The average molecular weight is 172 g/mol. The van der Waals surface area contributed by atoms with Gasteiger partial charge in [-0.15, -0.1) is 0 Å².